The van der Waals surface area contributed by atoms with Crippen molar-refractivity contribution in [2.75, 3.05) is 19.0 Å². The van der Waals surface area contributed by atoms with Gasteiger partial charge in [-0.15, -0.1) is 11.3 Å². The molecular weight excluding hydrogens is 430 g/mol. The maximum absolute atomic E-state index is 12.7. The van der Waals surface area contributed by atoms with Crippen molar-refractivity contribution in [1.82, 2.24) is 0 Å². The van der Waals surface area contributed by atoms with Gasteiger partial charge in [0, 0.05) is 10.6 Å². The van der Waals surface area contributed by atoms with E-state index in [4.69, 9.17) is 25.5 Å². The van der Waals surface area contributed by atoms with Crippen molar-refractivity contribution < 1.29 is 28.3 Å². The molecule has 0 spiro atoms. The van der Waals surface area contributed by atoms with Crippen LogP contribution >= 0.6 is 22.9 Å². The zero-order chi connectivity index (χ0) is 21.8. The molecule has 0 radical (unpaired) electrons. The van der Waals surface area contributed by atoms with E-state index < -0.39 is 17.8 Å². The van der Waals surface area contributed by atoms with E-state index in [1.54, 1.807) is 44.2 Å². The third-order valence-electron chi connectivity index (χ3n) is 4.16. The molecule has 1 N–H and O–H groups in total. The van der Waals surface area contributed by atoms with Gasteiger partial charge in [-0.2, -0.15) is 0 Å². The Kier molecular flexibility index (Phi) is 6.59. The molecule has 1 amide bonds. The Bertz CT molecular complexity index is 1120. The second-order valence-electron chi connectivity index (χ2n) is 6.10. The molecule has 0 saturated carbocycles. The van der Waals surface area contributed by atoms with Crippen molar-refractivity contribution >= 4 is 45.8 Å². The lowest BCUT2D eigenvalue weighted by Crippen LogP contribution is -2.14. The Hall–Kier alpha value is -3.10. The summed E-state index contributed by atoms with van der Waals surface area (Å²) in [7, 11) is 1.24. The fourth-order valence-corrected chi connectivity index (χ4v) is 4.06. The van der Waals surface area contributed by atoms with Gasteiger partial charge in [0.1, 0.15) is 15.6 Å². The highest BCUT2D eigenvalue weighted by Crippen LogP contribution is 2.35. The molecule has 1 aromatic carbocycles. The summed E-state index contributed by atoms with van der Waals surface area (Å²) in [4.78, 5) is 37.3. The monoisotopic (exact) mass is 447 g/mol. The Balaban J connectivity index is 1.91. The number of thiophene rings is 1. The van der Waals surface area contributed by atoms with Gasteiger partial charge in [0.2, 0.25) is 0 Å². The molecule has 0 aliphatic rings. The Labute approximate surface area is 181 Å². The van der Waals surface area contributed by atoms with Crippen molar-refractivity contribution in [2.45, 2.75) is 13.8 Å². The number of hydrogen-bond donors (Lipinski definition) is 1. The molecule has 0 atom stereocenters. The van der Waals surface area contributed by atoms with Crippen LogP contribution < -0.4 is 5.32 Å². The standard InChI is InChI=1S/C21H18ClNO6S/c1-4-28-20(25)16-11(2)17(21(26)27-3)30-19(16)23-18(24)15-9-8-14(29-15)12-6-5-7-13(22)10-12/h5-10H,4H2,1-3H3,(H,23,24). The zero-order valence-electron chi connectivity index (χ0n) is 16.4. The minimum atomic E-state index is -0.643. The number of halogens is 1. The Morgan fingerprint density at radius 2 is 1.93 bits per heavy atom. The second kappa shape index (κ2) is 9.15. The van der Waals surface area contributed by atoms with E-state index in [0.29, 0.717) is 21.9 Å². The van der Waals surface area contributed by atoms with Crippen LogP contribution in [0.15, 0.2) is 40.8 Å². The molecular formula is C21H18ClNO6S. The van der Waals surface area contributed by atoms with E-state index in [0.717, 1.165) is 11.3 Å². The van der Waals surface area contributed by atoms with Crippen LogP contribution in [-0.4, -0.2) is 31.6 Å². The van der Waals surface area contributed by atoms with Gasteiger partial charge in [0.15, 0.2) is 5.76 Å². The van der Waals surface area contributed by atoms with Gasteiger partial charge < -0.3 is 19.2 Å². The van der Waals surface area contributed by atoms with Gasteiger partial charge >= 0.3 is 11.9 Å². The maximum atomic E-state index is 12.7. The number of anilines is 1. The predicted octanol–water partition coefficient (Wildman–Crippen LogP) is 5.19. The van der Waals surface area contributed by atoms with Crippen LogP contribution in [0.2, 0.25) is 5.02 Å². The van der Waals surface area contributed by atoms with Crippen molar-refractivity contribution in [3.8, 4) is 11.3 Å². The zero-order valence-corrected chi connectivity index (χ0v) is 18.0. The molecule has 30 heavy (non-hydrogen) atoms. The number of furan rings is 1. The van der Waals surface area contributed by atoms with E-state index in [1.165, 1.54) is 13.2 Å². The van der Waals surface area contributed by atoms with Gasteiger partial charge in [-0.25, -0.2) is 9.59 Å². The first kappa shape index (κ1) is 21.6. The molecule has 3 aromatic rings. The highest BCUT2D eigenvalue weighted by atomic mass is 35.5. The topological polar surface area (TPSA) is 94.8 Å². The highest BCUT2D eigenvalue weighted by molar-refractivity contribution is 7.18. The van der Waals surface area contributed by atoms with Crippen LogP contribution in [0.3, 0.4) is 0 Å². The molecule has 0 saturated heterocycles. The number of esters is 2. The normalized spacial score (nSPS) is 10.5. The van der Waals surface area contributed by atoms with Gasteiger partial charge in [0.05, 0.1) is 19.3 Å². The van der Waals surface area contributed by atoms with E-state index in [9.17, 15) is 14.4 Å². The smallest absolute Gasteiger partial charge is 0.348 e. The molecule has 0 bridgehead atoms. The van der Waals surface area contributed by atoms with Crippen molar-refractivity contribution in [3.05, 3.63) is 63.2 Å². The van der Waals surface area contributed by atoms with Gasteiger partial charge in [-0.3, -0.25) is 4.79 Å². The predicted molar refractivity (Wildman–Crippen MR) is 113 cm³/mol. The lowest BCUT2D eigenvalue weighted by atomic mass is 10.1. The largest absolute Gasteiger partial charge is 0.465 e. The molecule has 0 fully saturated rings. The summed E-state index contributed by atoms with van der Waals surface area (Å²) in [6.07, 6.45) is 0. The first-order chi connectivity index (χ1) is 14.3. The van der Waals surface area contributed by atoms with Crippen LogP contribution in [0.4, 0.5) is 5.00 Å². The second-order valence-corrected chi connectivity index (χ2v) is 7.56. The summed E-state index contributed by atoms with van der Waals surface area (Å²) in [5.74, 6) is -1.33. The van der Waals surface area contributed by atoms with Crippen LogP contribution in [0, 0.1) is 6.92 Å². The lowest BCUT2D eigenvalue weighted by molar-refractivity contribution is 0.0527. The van der Waals surface area contributed by atoms with E-state index in [-0.39, 0.29) is 27.8 Å². The Morgan fingerprint density at radius 3 is 2.60 bits per heavy atom. The summed E-state index contributed by atoms with van der Waals surface area (Å²) in [6, 6.07) is 10.2. The molecule has 0 aliphatic carbocycles. The highest BCUT2D eigenvalue weighted by Gasteiger charge is 2.27. The molecule has 0 aliphatic heterocycles. The number of amides is 1. The number of nitrogens with one attached hydrogen (secondary N) is 1. The van der Waals surface area contributed by atoms with E-state index >= 15 is 0 Å². The number of benzene rings is 1. The van der Waals surface area contributed by atoms with Crippen molar-refractivity contribution in [2.24, 2.45) is 0 Å². The summed E-state index contributed by atoms with van der Waals surface area (Å²) in [5, 5.41) is 3.35. The quantitative estimate of drug-likeness (QED) is 0.523. The fourth-order valence-electron chi connectivity index (χ4n) is 2.76. The maximum Gasteiger partial charge on any atom is 0.348 e. The SMILES string of the molecule is CCOC(=O)c1c(NC(=O)c2ccc(-c3cccc(Cl)c3)o2)sc(C(=O)OC)c1C. The first-order valence-corrected chi connectivity index (χ1v) is 10.1. The van der Waals surface area contributed by atoms with Crippen LogP contribution in [0.5, 0.6) is 0 Å². The van der Waals surface area contributed by atoms with Crippen LogP contribution in [-0.2, 0) is 9.47 Å². The number of carbonyl (C=O) groups is 3. The molecule has 156 valence electrons. The molecule has 2 heterocycles. The summed E-state index contributed by atoms with van der Waals surface area (Å²) in [5.41, 5.74) is 1.20. The number of ether oxygens (including phenoxy) is 2. The summed E-state index contributed by atoms with van der Waals surface area (Å²) < 4.78 is 15.5. The lowest BCUT2D eigenvalue weighted by Gasteiger charge is -2.06. The molecule has 0 unspecified atom stereocenters. The number of carbonyl (C=O) groups excluding carboxylic acids is 3. The average molecular weight is 448 g/mol. The average Bonchev–Trinajstić information content (AvgIpc) is 3.33. The van der Waals surface area contributed by atoms with Crippen LogP contribution in [0.25, 0.3) is 11.3 Å². The van der Waals surface area contributed by atoms with E-state index in [1.807, 2.05) is 0 Å². The van der Waals surface area contributed by atoms with Crippen molar-refractivity contribution in [3.63, 3.8) is 0 Å². The van der Waals surface area contributed by atoms with Crippen LogP contribution in [0.1, 0.15) is 43.1 Å². The molecule has 2 aromatic heterocycles. The van der Waals surface area contributed by atoms with Gasteiger partial charge in [0.25, 0.3) is 5.91 Å². The number of methoxy groups -OCH3 is 1. The third kappa shape index (κ3) is 4.39. The Morgan fingerprint density at radius 1 is 1.17 bits per heavy atom. The summed E-state index contributed by atoms with van der Waals surface area (Å²) in [6.45, 7) is 3.41. The molecule has 9 heteroatoms. The fraction of sp³-hybridized carbons (Fsp3) is 0.190. The number of rotatable bonds is 6. The van der Waals surface area contributed by atoms with E-state index in [2.05, 4.69) is 5.32 Å². The summed E-state index contributed by atoms with van der Waals surface area (Å²) >= 11 is 6.93. The minimum Gasteiger partial charge on any atom is -0.465 e. The van der Waals surface area contributed by atoms with Gasteiger partial charge in [-0.1, -0.05) is 23.7 Å². The molecule has 3 rings (SSSR count). The third-order valence-corrected chi connectivity index (χ3v) is 5.59. The van der Waals surface area contributed by atoms with Gasteiger partial charge in [-0.05, 0) is 43.7 Å². The number of hydrogen-bond acceptors (Lipinski definition) is 7. The van der Waals surface area contributed by atoms with Crippen molar-refractivity contribution in [1.29, 1.82) is 0 Å². The minimum absolute atomic E-state index is 0.0328. The molecule has 7 nitrogen and oxygen atoms in total. The first-order valence-electron chi connectivity index (χ1n) is 8.91.